The molecule has 50 heavy (non-hydrogen) atoms. The first-order chi connectivity index (χ1) is 24.6. The van der Waals surface area contributed by atoms with E-state index in [1.807, 2.05) is 0 Å². The summed E-state index contributed by atoms with van der Waals surface area (Å²) in [7, 11) is 0. The second-order valence-corrected chi connectivity index (χ2v) is 14.1. The minimum atomic E-state index is -0.115. The van der Waals surface area contributed by atoms with Gasteiger partial charge in [-0.3, -0.25) is 0 Å². The van der Waals surface area contributed by atoms with Crippen molar-refractivity contribution in [1.29, 1.82) is 0 Å². The van der Waals surface area contributed by atoms with Gasteiger partial charge in [0.2, 0.25) is 0 Å². The smallest absolute Gasteiger partial charge is 0.0546 e. The van der Waals surface area contributed by atoms with Gasteiger partial charge >= 0.3 is 0 Å². The van der Waals surface area contributed by atoms with E-state index in [-0.39, 0.29) is 5.41 Å². The molecule has 1 nitrogen and oxygen atoms in total. The van der Waals surface area contributed by atoms with Crippen molar-refractivity contribution in [3.63, 3.8) is 0 Å². The standard InChI is InChI=1S/C49H35N/c1-49(2)42-22-11-9-21-41(42)48-43(49)23-13-25-45(48)50(44-24-12-10-17-37(44)35-28-26-32-14-3-4-16-34(32)30-35)46-31-36-29-27-33-15-5-6-18-38(33)47(36)40-20-8-7-19-39(40)46/h3-31H,1-2H3. The first-order valence-corrected chi connectivity index (χ1v) is 17.5. The number of hydrogen-bond acceptors (Lipinski definition) is 1. The summed E-state index contributed by atoms with van der Waals surface area (Å²) in [5.74, 6) is 0. The van der Waals surface area contributed by atoms with Crippen LogP contribution in [0.4, 0.5) is 17.1 Å². The van der Waals surface area contributed by atoms with Gasteiger partial charge in [-0.2, -0.15) is 0 Å². The third kappa shape index (κ3) is 4.20. The highest BCUT2D eigenvalue weighted by atomic mass is 15.1. The fourth-order valence-electron chi connectivity index (χ4n) is 8.62. The molecule has 9 aromatic rings. The van der Waals surface area contributed by atoms with Gasteiger partial charge in [0, 0.05) is 21.9 Å². The third-order valence-corrected chi connectivity index (χ3v) is 11.0. The van der Waals surface area contributed by atoms with E-state index >= 15 is 0 Å². The van der Waals surface area contributed by atoms with Crippen LogP contribution in [-0.4, -0.2) is 0 Å². The van der Waals surface area contributed by atoms with E-state index in [1.165, 1.54) is 87.8 Å². The van der Waals surface area contributed by atoms with Crippen LogP contribution < -0.4 is 4.90 Å². The van der Waals surface area contributed by atoms with Crippen LogP contribution in [-0.2, 0) is 5.41 Å². The Morgan fingerprint density at radius 1 is 0.380 bits per heavy atom. The average molecular weight is 638 g/mol. The van der Waals surface area contributed by atoms with Gasteiger partial charge in [-0.1, -0.05) is 166 Å². The summed E-state index contributed by atoms with van der Waals surface area (Å²) in [6, 6.07) is 65.1. The van der Waals surface area contributed by atoms with Crippen LogP contribution in [0.15, 0.2) is 176 Å². The molecule has 1 aliphatic carbocycles. The Labute approximate surface area is 292 Å². The van der Waals surface area contributed by atoms with Crippen LogP contribution in [0.5, 0.6) is 0 Å². The zero-order valence-electron chi connectivity index (χ0n) is 28.2. The molecule has 0 fully saturated rings. The van der Waals surface area contributed by atoms with E-state index in [4.69, 9.17) is 0 Å². The van der Waals surface area contributed by atoms with Crippen molar-refractivity contribution in [2.24, 2.45) is 0 Å². The lowest BCUT2D eigenvalue weighted by Crippen LogP contribution is -2.16. The predicted octanol–water partition coefficient (Wildman–Crippen LogP) is 13.7. The molecule has 0 amide bonds. The third-order valence-electron chi connectivity index (χ3n) is 11.0. The number of para-hydroxylation sites is 1. The van der Waals surface area contributed by atoms with Gasteiger partial charge in [0.25, 0.3) is 0 Å². The molecular weight excluding hydrogens is 603 g/mol. The van der Waals surface area contributed by atoms with Crippen molar-refractivity contribution in [3.8, 4) is 22.3 Å². The van der Waals surface area contributed by atoms with Crippen molar-refractivity contribution in [2.75, 3.05) is 4.90 Å². The van der Waals surface area contributed by atoms with Crippen LogP contribution in [0.25, 0.3) is 65.3 Å². The lowest BCUT2D eigenvalue weighted by atomic mass is 9.82. The Morgan fingerprint density at radius 3 is 1.84 bits per heavy atom. The molecule has 9 aromatic carbocycles. The number of benzene rings is 9. The van der Waals surface area contributed by atoms with Crippen LogP contribution in [0, 0.1) is 0 Å². The zero-order chi connectivity index (χ0) is 33.4. The van der Waals surface area contributed by atoms with Gasteiger partial charge < -0.3 is 4.90 Å². The van der Waals surface area contributed by atoms with Gasteiger partial charge in [-0.05, 0) is 84.2 Å². The largest absolute Gasteiger partial charge is 0.309 e. The van der Waals surface area contributed by atoms with Crippen molar-refractivity contribution < 1.29 is 0 Å². The van der Waals surface area contributed by atoms with E-state index in [2.05, 4.69) is 195 Å². The predicted molar refractivity (Wildman–Crippen MR) is 214 cm³/mol. The molecule has 10 rings (SSSR count). The van der Waals surface area contributed by atoms with Crippen LogP contribution in [0.1, 0.15) is 25.0 Å². The monoisotopic (exact) mass is 637 g/mol. The molecular formula is C49H35N. The second-order valence-electron chi connectivity index (χ2n) is 14.1. The molecule has 0 saturated heterocycles. The SMILES string of the molecule is CC1(C)c2ccccc2-c2c(N(c3ccccc3-c3ccc4ccccc4c3)c3cc4ccc5ccccc5c4c4ccccc34)cccc21. The Balaban J connectivity index is 1.34. The Hall–Kier alpha value is -6.18. The number of rotatable bonds is 4. The number of hydrogen-bond donors (Lipinski definition) is 0. The topological polar surface area (TPSA) is 3.24 Å². The minimum absolute atomic E-state index is 0.115. The van der Waals surface area contributed by atoms with Crippen molar-refractivity contribution >= 4 is 60.2 Å². The maximum absolute atomic E-state index is 2.55. The molecule has 0 N–H and O–H groups in total. The highest BCUT2D eigenvalue weighted by Crippen LogP contribution is 2.56. The summed E-state index contributed by atoms with van der Waals surface area (Å²) >= 11 is 0. The fraction of sp³-hybridized carbons (Fsp3) is 0.0612. The summed E-state index contributed by atoms with van der Waals surface area (Å²) in [6.07, 6.45) is 0. The molecule has 0 aromatic heterocycles. The molecule has 0 spiro atoms. The average Bonchev–Trinajstić information content (AvgIpc) is 3.41. The van der Waals surface area contributed by atoms with Crippen LogP contribution >= 0.6 is 0 Å². The molecule has 1 heteroatoms. The van der Waals surface area contributed by atoms with E-state index in [1.54, 1.807) is 0 Å². The molecule has 0 aliphatic heterocycles. The van der Waals surface area contributed by atoms with Crippen molar-refractivity contribution in [2.45, 2.75) is 19.3 Å². The fourth-order valence-corrected chi connectivity index (χ4v) is 8.62. The number of anilines is 3. The quantitative estimate of drug-likeness (QED) is 0.174. The Bertz CT molecular complexity index is 2800. The van der Waals surface area contributed by atoms with Crippen LogP contribution in [0.3, 0.4) is 0 Å². The molecule has 0 heterocycles. The number of nitrogens with zero attached hydrogens (tertiary/aromatic N) is 1. The molecule has 0 bridgehead atoms. The van der Waals surface area contributed by atoms with Gasteiger partial charge in [-0.25, -0.2) is 0 Å². The van der Waals surface area contributed by atoms with Gasteiger partial charge in [0.05, 0.1) is 17.1 Å². The molecule has 0 saturated carbocycles. The van der Waals surface area contributed by atoms with Gasteiger partial charge in [0.1, 0.15) is 0 Å². The van der Waals surface area contributed by atoms with E-state index in [0.29, 0.717) is 0 Å². The van der Waals surface area contributed by atoms with Crippen molar-refractivity contribution in [3.05, 3.63) is 187 Å². The number of fused-ring (bicyclic) bond motifs is 9. The molecule has 0 unspecified atom stereocenters. The van der Waals surface area contributed by atoms with Gasteiger partial charge in [0.15, 0.2) is 0 Å². The molecule has 0 radical (unpaired) electrons. The Morgan fingerprint density at radius 2 is 0.980 bits per heavy atom. The Kier molecular flexibility index (Phi) is 6.29. The summed E-state index contributed by atoms with van der Waals surface area (Å²) < 4.78 is 0. The summed E-state index contributed by atoms with van der Waals surface area (Å²) in [5.41, 5.74) is 11.2. The van der Waals surface area contributed by atoms with Crippen LogP contribution in [0.2, 0.25) is 0 Å². The highest BCUT2D eigenvalue weighted by Gasteiger charge is 2.38. The molecule has 1 aliphatic rings. The van der Waals surface area contributed by atoms with Gasteiger partial charge in [-0.15, -0.1) is 0 Å². The first kappa shape index (κ1) is 28.8. The molecule has 0 atom stereocenters. The summed E-state index contributed by atoms with van der Waals surface area (Å²) in [4.78, 5) is 2.55. The second kappa shape index (κ2) is 10.9. The van der Waals surface area contributed by atoms with E-state index in [0.717, 1.165) is 5.69 Å². The molecule has 236 valence electrons. The lowest BCUT2D eigenvalue weighted by molar-refractivity contribution is 0.660. The van der Waals surface area contributed by atoms with E-state index in [9.17, 15) is 0 Å². The maximum Gasteiger partial charge on any atom is 0.0546 e. The minimum Gasteiger partial charge on any atom is -0.309 e. The first-order valence-electron chi connectivity index (χ1n) is 17.5. The highest BCUT2D eigenvalue weighted by molar-refractivity contribution is 6.24. The van der Waals surface area contributed by atoms with E-state index < -0.39 is 0 Å². The summed E-state index contributed by atoms with van der Waals surface area (Å²) in [5, 5.41) is 10.1. The summed E-state index contributed by atoms with van der Waals surface area (Å²) in [6.45, 7) is 4.73. The zero-order valence-corrected chi connectivity index (χ0v) is 28.2. The normalized spacial score (nSPS) is 13.2. The van der Waals surface area contributed by atoms with Crippen molar-refractivity contribution in [1.82, 2.24) is 0 Å². The lowest BCUT2D eigenvalue weighted by Gasteiger charge is -2.32. The maximum atomic E-state index is 2.55.